The average Bonchev–Trinajstić information content (AvgIpc) is 2.48. The molecule has 0 unspecified atom stereocenters. The van der Waals surface area contributed by atoms with Crippen LogP contribution >= 0.6 is 15.9 Å². The maximum atomic E-state index is 12.7. The molecule has 1 saturated carbocycles. The van der Waals surface area contributed by atoms with E-state index in [1.54, 1.807) is 18.2 Å². The topological polar surface area (TPSA) is 40.5 Å². The van der Waals surface area contributed by atoms with Crippen molar-refractivity contribution in [3.05, 3.63) is 29.3 Å². The molecule has 1 fully saturated rings. The van der Waals surface area contributed by atoms with Gasteiger partial charge in [0.05, 0.1) is 0 Å². The summed E-state index contributed by atoms with van der Waals surface area (Å²) in [5, 5.41) is 10.4. The quantitative estimate of drug-likeness (QED) is 0.846. The van der Waals surface area contributed by atoms with Crippen molar-refractivity contribution in [2.24, 2.45) is 0 Å². The molecular weight excluding hydrogens is 318 g/mol. The van der Waals surface area contributed by atoms with Crippen LogP contribution in [-0.4, -0.2) is 33.8 Å². The average molecular weight is 340 g/mol. The Morgan fingerprint density at radius 2 is 2.05 bits per heavy atom. The Bertz CT molecular complexity index is 470. The van der Waals surface area contributed by atoms with Crippen molar-refractivity contribution >= 4 is 21.8 Å². The first-order chi connectivity index (χ1) is 9.63. The van der Waals surface area contributed by atoms with Gasteiger partial charge < -0.3 is 10.0 Å². The fourth-order valence-corrected chi connectivity index (χ4v) is 3.27. The molecule has 1 aliphatic rings. The maximum Gasteiger partial charge on any atom is 0.254 e. The Morgan fingerprint density at radius 3 is 2.65 bits per heavy atom. The first-order valence-corrected chi connectivity index (χ1v) is 8.42. The smallest absolute Gasteiger partial charge is 0.254 e. The molecule has 110 valence electrons. The van der Waals surface area contributed by atoms with Crippen molar-refractivity contribution in [2.45, 2.75) is 45.1 Å². The molecule has 2 rings (SSSR count). The van der Waals surface area contributed by atoms with Gasteiger partial charge in [-0.3, -0.25) is 4.79 Å². The predicted molar refractivity (Wildman–Crippen MR) is 84.5 cm³/mol. The minimum Gasteiger partial charge on any atom is -0.508 e. The predicted octanol–water partition coefficient (Wildman–Crippen LogP) is 3.87. The van der Waals surface area contributed by atoms with Crippen molar-refractivity contribution < 1.29 is 9.90 Å². The van der Waals surface area contributed by atoms with Gasteiger partial charge in [-0.2, -0.15) is 0 Å². The summed E-state index contributed by atoms with van der Waals surface area (Å²) < 4.78 is 0. The van der Waals surface area contributed by atoms with Gasteiger partial charge in [0.1, 0.15) is 5.75 Å². The molecule has 0 atom stereocenters. The van der Waals surface area contributed by atoms with Gasteiger partial charge in [0.2, 0.25) is 0 Å². The maximum absolute atomic E-state index is 12.7. The molecule has 0 radical (unpaired) electrons. The highest BCUT2D eigenvalue weighted by Crippen LogP contribution is 2.25. The largest absolute Gasteiger partial charge is 0.508 e. The lowest BCUT2D eigenvalue weighted by atomic mass is 9.93. The number of rotatable bonds is 4. The van der Waals surface area contributed by atoms with Crippen LogP contribution in [0.2, 0.25) is 0 Å². The number of aryl methyl sites for hydroxylation is 1. The van der Waals surface area contributed by atoms with E-state index >= 15 is 0 Å². The zero-order valence-corrected chi connectivity index (χ0v) is 13.5. The van der Waals surface area contributed by atoms with Gasteiger partial charge in [0.15, 0.2) is 0 Å². The molecule has 0 saturated heterocycles. The molecule has 3 nitrogen and oxygen atoms in total. The third-order valence-corrected chi connectivity index (χ3v) is 4.40. The van der Waals surface area contributed by atoms with Crippen molar-refractivity contribution in [3.8, 4) is 5.75 Å². The van der Waals surface area contributed by atoms with Gasteiger partial charge >= 0.3 is 0 Å². The highest BCUT2D eigenvalue weighted by Gasteiger charge is 2.25. The number of phenolic OH excluding ortho intramolecular Hbond substituents is 1. The molecule has 0 bridgehead atoms. The van der Waals surface area contributed by atoms with Gasteiger partial charge in [-0.1, -0.05) is 35.2 Å². The minimum atomic E-state index is 0.0828. The third kappa shape index (κ3) is 3.54. The summed E-state index contributed by atoms with van der Waals surface area (Å²) in [6.07, 6.45) is 5.92. The number of benzene rings is 1. The van der Waals surface area contributed by atoms with Gasteiger partial charge in [-0.15, -0.1) is 0 Å². The summed E-state index contributed by atoms with van der Waals surface area (Å²) >= 11 is 3.45. The van der Waals surface area contributed by atoms with Crippen LogP contribution in [-0.2, 0) is 0 Å². The Labute approximate surface area is 129 Å². The first-order valence-electron chi connectivity index (χ1n) is 7.30. The normalized spacial score (nSPS) is 16.1. The third-order valence-electron chi connectivity index (χ3n) is 4.05. The zero-order chi connectivity index (χ0) is 14.5. The number of alkyl halides is 1. The molecule has 1 aromatic rings. The Balaban J connectivity index is 2.18. The number of carbonyl (C=O) groups is 1. The fourth-order valence-electron chi connectivity index (χ4n) is 2.89. The molecule has 1 aromatic carbocycles. The van der Waals surface area contributed by atoms with Crippen LogP contribution in [0.1, 0.15) is 48.0 Å². The zero-order valence-electron chi connectivity index (χ0n) is 11.9. The number of hydrogen-bond acceptors (Lipinski definition) is 2. The Kier molecular flexibility index (Phi) is 5.46. The first kappa shape index (κ1) is 15.4. The van der Waals surface area contributed by atoms with Gasteiger partial charge in [-0.25, -0.2) is 0 Å². The minimum absolute atomic E-state index is 0.0828. The van der Waals surface area contributed by atoms with E-state index < -0.39 is 0 Å². The molecule has 0 aromatic heterocycles. The molecule has 0 heterocycles. The standard InChI is InChI=1S/C16H22BrNO2/c1-12-11-13(7-8-15(12)19)16(20)18(10-9-17)14-5-3-2-4-6-14/h7-8,11,14,19H,2-6,9-10H2,1H3. The van der Waals surface area contributed by atoms with Crippen LogP contribution in [0.4, 0.5) is 0 Å². The van der Waals surface area contributed by atoms with E-state index in [9.17, 15) is 9.90 Å². The monoisotopic (exact) mass is 339 g/mol. The van der Waals surface area contributed by atoms with Crippen molar-refractivity contribution in [1.82, 2.24) is 4.90 Å². The summed E-state index contributed by atoms with van der Waals surface area (Å²) in [6.45, 7) is 2.56. The number of hydrogen-bond donors (Lipinski definition) is 1. The molecule has 1 N–H and O–H groups in total. The van der Waals surface area contributed by atoms with E-state index in [-0.39, 0.29) is 11.7 Å². The molecule has 20 heavy (non-hydrogen) atoms. The van der Waals surface area contributed by atoms with Crippen molar-refractivity contribution in [1.29, 1.82) is 0 Å². The summed E-state index contributed by atoms with van der Waals surface area (Å²) in [7, 11) is 0. The van der Waals surface area contributed by atoms with E-state index in [4.69, 9.17) is 0 Å². The summed E-state index contributed by atoms with van der Waals surface area (Å²) in [5.74, 6) is 0.325. The Morgan fingerprint density at radius 1 is 1.35 bits per heavy atom. The fraction of sp³-hybridized carbons (Fsp3) is 0.562. The lowest BCUT2D eigenvalue weighted by molar-refractivity contribution is 0.0651. The number of halogens is 1. The molecule has 0 aliphatic heterocycles. The number of amides is 1. The van der Waals surface area contributed by atoms with E-state index in [0.29, 0.717) is 11.6 Å². The second-order valence-corrected chi connectivity index (χ2v) is 6.27. The molecule has 1 aliphatic carbocycles. The number of phenols is 1. The summed E-state index contributed by atoms with van der Waals surface area (Å²) in [4.78, 5) is 14.7. The highest BCUT2D eigenvalue weighted by molar-refractivity contribution is 9.09. The molecule has 4 heteroatoms. The molecule has 0 spiro atoms. The van der Waals surface area contributed by atoms with Gasteiger partial charge in [0, 0.05) is 23.5 Å². The second kappa shape index (κ2) is 7.11. The second-order valence-electron chi connectivity index (χ2n) is 5.48. The van der Waals surface area contributed by atoms with Crippen LogP contribution in [0.3, 0.4) is 0 Å². The van der Waals surface area contributed by atoms with E-state index in [2.05, 4.69) is 15.9 Å². The summed E-state index contributed by atoms with van der Waals surface area (Å²) in [6, 6.07) is 5.47. The van der Waals surface area contributed by atoms with Crippen LogP contribution < -0.4 is 0 Å². The lowest BCUT2D eigenvalue weighted by Crippen LogP contribution is -2.42. The lowest BCUT2D eigenvalue weighted by Gasteiger charge is -2.34. The number of aromatic hydroxyl groups is 1. The van der Waals surface area contributed by atoms with Crippen LogP contribution in [0.5, 0.6) is 5.75 Å². The van der Waals surface area contributed by atoms with Crippen LogP contribution in [0.15, 0.2) is 18.2 Å². The van der Waals surface area contributed by atoms with Crippen LogP contribution in [0, 0.1) is 6.92 Å². The summed E-state index contributed by atoms with van der Waals surface area (Å²) in [5.41, 5.74) is 1.42. The molecule has 1 amide bonds. The van der Waals surface area contributed by atoms with E-state index in [1.807, 2.05) is 11.8 Å². The SMILES string of the molecule is Cc1cc(C(=O)N(CCBr)C2CCCCC2)ccc1O. The van der Waals surface area contributed by atoms with Gasteiger partial charge in [-0.05, 0) is 43.5 Å². The van der Waals surface area contributed by atoms with E-state index in [1.165, 1.54) is 19.3 Å². The number of carbonyl (C=O) groups excluding carboxylic acids is 1. The highest BCUT2D eigenvalue weighted by atomic mass is 79.9. The van der Waals surface area contributed by atoms with Crippen LogP contribution in [0.25, 0.3) is 0 Å². The van der Waals surface area contributed by atoms with E-state index in [0.717, 1.165) is 30.3 Å². The van der Waals surface area contributed by atoms with Crippen molar-refractivity contribution in [3.63, 3.8) is 0 Å². The Hall–Kier alpha value is -1.03. The number of nitrogens with zero attached hydrogens (tertiary/aromatic N) is 1. The molecular formula is C16H22BrNO2. The van der Waals surface area contributed by atoms with Crippen molar-refractivity contribution in [2.75, 3.05) is 11.9 Å². The van der Waals surface area contributed by atoms with Gasteiger partial charge in [0.25, 0.3) is 5.91 Å².